The first kappa shape index (κ1) is 17.0. The topological polar surface area (TPSA) is 103 Å². The monoisotopic (exact) mass is 347 g/mol. The summed E-state index contributed by atoms with van der Waals surface area (Å²) in [6.07, 6.45) is 2.98. The van der Waals surface area contributed by atoms with Crippen LogP contribution in [0.2, 0.25) is 0 Å². The molecular formula is C19H17N5O2. The molecule has 2 aromatic carbocycles. The fourth-order valence-electron chi connectivity index (χ4n) is 2.33. The van der Waals surface area contributed by atoms with Crippen molar-refractivity contribution in [2.24, 2.45) is 0 Å². The normalized spacial score (nSPS) is 11.0. The van der Waals surface area contributed by atoms with Crippen molar-refractivity contribution in [2.45, 2.75) is 6.92 Å². The SMILES string of the molecule is CCOc1ccc(NC(=O)/C(C#N)=C\Nc2ccc3nc[nH]c3c2)cc1. The Balaban J connectivity index is 1.67. The fourth-order valence-corrected chi connectivity index (χ4v) is 2.33. The number of carbonyl (C=O) groups is 1. The van der Waals surface area contributed by atoms with E-state index in [0.717, 1.165) is 22.5 Å². The van der Waals surface area contributed by atoms with Crippen molar-refractivity contribution in [1.29, 1.82) is 5.26 Å². The predicted molar refractivity (Wildman–Crippen MR) is 99.7 cm³/mol. The summed E-state index contributed by atoms with van der Waals surface area (Å²) in [6, 6.07) is 14.4. The third-order valence-electron chi connectivity index (χ3n) is 3.59. The summed E-state index contributed by atoms with van der Waals surface area (Å²) >= 11 is 0. The molecule has 0 radical (unpaired) electrons. The molecule has 0 saturated carbocycles. The fraction of sp³-hybridized carbons (Fsp3) is 0.105. The number of amides is 1. The molecule has 3 aromatic rings. The van der Waals surface area contributed by atoms with Gasteiger partial charge in [0.1, 0.15) is 17.4 Å². The number of anilines is 2. The smallest absolute Gasteiger partial charge is 0.267 e. The standard InChI is InChI=1S/C19H17N5O2/c1-2-26-16-6-3-14(4-7-16)24-19(25)13(10-20)11-21-15-5-8-17-18(9-15)23-12-22-17/h3-9,11-12,21H,2H2,1H3,(H,22,23)(H,24,25)/b13-11-. The third-order valence-corrected chi connectivity index (χ3v) is 3.59. The van der Waals surface area contributed by atoms with Crippen LogP contribution >= 0.6 is 0 Å². The Kier molecular flexibility index (Phi) is 5.15. The van der Waals surface area contributed by atoms with Crippen molar-refractivity contribution >= 4 is 28.3 Å². The van der Waals surface area contributed by atoms with E-state index >= 15 is 0 Å². The maximum absolute atomic E-state index is 12.3. The number of H-pyrrole nitrogens is 1. The van der Waals surface area contributed by atoms with Gasteiger partial charge in [-0.3, -0.25) is 4.79 Å². The Bertz CT molecular complexity index is 983. The van der Waals surface area contributed by atoms with E-state index in [-0.39, 0.29) is 5.57 Å². The molecule has 26 heavy (non-hydrogen) atoms. The molecule has 0 fully saturated rings. The quantitative estimate of drug-likeness (QED) is 0.468. The van der Waals surface area contributed by atoms with E-state index in [1.165, 1.54) is 6.20 Å². The number of aromatic amines is 1. The summed E-state index contributed by atoms with van der Waals surface area (Å²) in [7, 11) is 0. The van der Waals surface area contributed by atoms with Gasteiger partial charge in [0, 0.05) is 17.6 Å². The van der Waals surface area contributed by atoms with Crippen LogP contribution in [0.5, 0.6) is 5.75 Å². The number of nitrogens with zero attached hydrogens (tertiary/aromatic N) is 2. The lowest BCUT2D eigenvalue weighted by Crippen LogP contribution is -2.14. The van der Waals surface area contributed by atoms with Crippen LogP contribution in [-0.2, 0) is 4.79 Å². The van der Waals surface area contributed by atoms with Gasteiger partial charge in [0.25, 0.3) is 5.91 Å². The molecule has 0 atom stereocenters. The highest BCUT2D eigenvalue weighted by Crippen LogP contribution is 2.17. The van der Waals surface area contributed by atoms with Crippen LogP contribution in [0.15, 0.2) is 60.6 Å². The van der Waals surface area contributed by atoms with E-state index in [4.69, 9.17) is 4.74 Å². The first-order valence-corrected chi connectivity index (χ1v) is 8.03. The lowest BCUT2D eigenvalue weighted by atomic mass is 10.2. The molecule has 7 nitrogen and oxygen atoms in total. The van der Waals surface area contributed by atoms with Crippen molar-refractivity contribution in [2.75, 3.05) is 17.2 Å². The molecule has 1 amide bonds. The maximum atomic E-state index is 12.3. The number of nitriles is 1. The molecule has 1 heterocycles. The van der Waals surface area contributed by atoms with E-state index in [1.54, 1.807) is 30.6 Å². The average molecular weight is 347 g/mol. The molecule has 0 bridgehead atoms. The van der Waals surface area contributed by atoms with Gasteiger partial charge in [-0.2, -0.15) is 5.26 Å². The van der Waals surface area contributed by atoms with Crippen LogP contribution < -0.4 is 15.4 Å². The van der Waals surface area contributed by atoms with Gasteiger partial charge >= 0.3 is 0 Å². The number of rotatable bonds is 6. The molecule has 0 aliphatic heterocycles. The van der Waals surface area contributed by atoms with Gasteiger partial charge < -0.3 is 20.4 Å². The summed E-state index contributed by atoms with van der Waals surface area (Å²) in [5.41, 5.74) is 2.99. The second-order valence-electron chi connectivity index (χ2n) is 5.36. The highest BCUT2D eigenvalue weighted by molar-refractivity contribution is 6.06. The van der Waals surface area contributed by atoms with Gasteiger partial charge in [0.05, 0.1) is 24.0 Å². The predicted octanol–water partition coefficient (Wildman–Crippen LogP) is 3.42. The van der Waals surface area contributed by atoms with Crippen molar-refractivity contribution in [1.82, 2.24) is 9.97 Å². The number of hydrogen-bond acceptors (Lipinski definition) is 5. The molecule has 0 aliphatic rings. The van der Waals surface area contributed by atoms with Gasteiger partial charge in [-0.15, -0.1) is 0 Å². The highest BCUT2D eigenvalue weighted by Gasteiger charge is 2.09. The highest BCUT2D eigenvalue weighted by atomic mass is 16.5. The molecule has 0 saturated heterocycles. The molecule has 3 N–H and O–H groups in total. The molecule has 0 unspecified atom stereocenters. The molecule has 130 valence electrons. The zero-order valence-electron chi connectivity index (χ0n) is 14.1. The first-order chi connectivity index (χ1) is 12.7. The zero-order valence-corrected chi connectivity index (χ0v) is 14.1. The minimum atomic E-state index is -0.494. The van der Waals surface area contributed by atoms with Crippen molar-refractivity contribution < 1.29 is 9.53 Å². The second kappa shape index (κ2) is 7.85. The van der Waals surface area contributed by atoms with Gasteiger partial charge in [0.2, 0.25) is 0 Å². The lowest BCUT2D eigenvalue weighted by molar-refractivity contribution is -0.112. The van der Waals surface area contributed by atoms with Gasteiger partial charge in [-0.05, 0) is 49.4 Å². The lowest BCUT2D eigenvalue weighted by Gasteiger charge is -2.07. The summed E-state index contributed by atoms with van der Waals surface area (Å²) in [6.45, 7) is 2.47. The van der Waals surface area contributed by atoms with E-state index in [1.807, 2.05) is 31.2 Å². The second-order valence-corrected chi connectivity index (χ2v) is 5.36. The van der Waals surface area contributed by atoms with E-state index in [0.29, 0.717) is 12.3 Å². The van der Waals surface area contributed by atoms with Gasteiger partial charge in [-0.25, -0.2) is 4.98 Å². The van der Waals surface area contributed by atoms with Crippen LogP contribution in [0.25, 0.3) is 11.0 Å². The van der Waals surface area contributed by atoms with Crippen molar-refractivity contribution in [3.8, 4) is 11.8 Å². The van der Waals surface area contributed by atoms with Crippen LogP contribution in [0.3, 0.4) is 0 Å². The van der Waals surface area contributed by atoms with Crippen LogP contribution in [-0.4, -0.2) is 22.5 Å². The molecule has 0 aliphatic carbocycles. The maximum Gasteiger partial charge on any atom is 0.267 e. The Morgan fingerprint density at radius 1 is 1.27 bits per heavy atom. The Morgan fingerprint density at radius 3 is 2.77 bits per heavy atom. The van der Waals surface area contributed by atoms with E-state index < -0.39 is 5.91 Å². The first-order valence-electron chi connectivity index (χ1n) is 8.03. The van der Waals surface area contributed by atoms with Crippen LogP contribution in [0, 0.1) is 11.3 Å². The number of hydrogen-bond donors (Lipinski definition) is 3. The Labute approximate surface area is 150 Å². The summed E-state index contributed by atoms with van der Waals surface area (Å²) in [4.78, 5) is 19.4. The van der Waals surface area contributed by atoms with Crippen LogP contribution in [0.4, 0.5) is 11.4 Å². The summed E-state index contributed by atoms with van der Waals surface area (Å²) < 4.78 is 5.35. The zero-order chi connectivity index (χ0) is 18.4. The largest absolute Gasteiger partial charge is 0.494 e. The minimum Gasteiger partial charge on any atom is -0.494 e. The number of ether oxygens (including phenoxy) is 1. The number of benzene rings is 2. The molecular weight excluding hydrogens is 330 g/mol. The van der Waals surface area contributed by atoms with Gasteiger partial charge in [-0.1, -0.05) is 0 Å². The van der Waals surface area contributed by atoms with Crippen molar-refractivity contribution in [3.05, 3.63) is 60.6 Å². The third kappa shape index (κ3) is 3.99. The molecule has 7 heteroatoms. The number of imidazole rings is 1. The number of aromatic nitrogens is 2. The number of nitrogens with one attached hydrogen (secondary N) is 3. The number of fused-ring (bicyclic) bond motifs is 1. The Morgan fingerprint density at radius 2 is 2.04 bits per heavy atom. The van der Waals surface area contributed by atoms with Gasteiger partial charge in [0.15, 0.2) is 0 Å². The Hall–Kier alpha value is -3.79. The average Bonchev–Trinajstić information content (AvgIpc) is 3.12. The molecule has 1 aromatic heterocycles. The minimum absolute atomic E-state index is 0.0383. The van der Waals surface area contributed by atoms with Crippen LogP contribution in [0.1, 0.15) is 6.92 Å². The summed E-state index contributed by atoms with van der Waals surface area (Å²) in [5.74, 6) is 0.226. The molecule has 3 rings (SSSR count). The molecule has 0 spiro atoms. The van der Waals surface area contributed by atoms with Crippen molar-refractivity contribution in [3.63, 3.8) is 0 Å². The van der Waals surface area contributed by atoms with E-state index in [9.17, 15) is 10.1 Å². The van der Waals surface area contributed by atoms with E-state index in [2.05, 4.69) is 20.6 Å². The summed E-state index contributed by atoms with van der Waals surface area (Å²) in [5, 5.41) is 14.9. The number of carbonyl (C=O) groups excluding carboxylic acids is 1.